The Morgan fingerprint density at radius 3 is 2.27 bits per heavy atom. The van der Waals surface area contributed by atoms with Crippen molar-refractivity contribution in [2.24, 2.45) is 0 Å². The molecule has 84 valence electrons. The normalized spacial score (nSPS) is 11.6. The maximum atomic E-state index is 13.9. The minimum atomic E-state index is -1.78. The van der Waals surface area contributed by atoms with Crippen LogP contribution in [0.5, 0.6) is 5.75 Å². The maximum absolute atomic E-state index is 13.9. The van der Waals surface area contributed by atoms with Crippen molar-refractivity contribution < 1.29 is 13.5 Å². The number of hydrogen-bond acceptors (Lipinski definition) is 1. The summed E-state index contributed by atoms with van der Waals surface area (Å²) in [6.45, 7) is 8.01. The molecule has 0 amide bonds. The smallest absolute Gasteiger partial charge is 0.190 e. The molecular weight excluding hydrogens is 214 g/mol. The van der Waals surface area contributed by atoms with Crippen LogP contribution in [0.3, 0.4) is 0 Å². The van der Waals surface area contributed by atoms with Crippen molar-refractivity contribution in [3.63, 3.8) is 0 Å². The zero-order valence-corrected chi connectivity index (χ0v) is 10.5. The van der Waals surface area contributed by atoms with E-state index in [-0.39, 0.29) is 12.4 Å². The molecular formula is C11H16F2OSi. The fourth-order valence-corrected chi connectivity index (χ4v) is 2.74. The molecule has 0 bridgehead atoms. The van der Waals surface area contributed by atoms with Gasteiger partial charge in [-0.15, -0.1) is 0 Å². The monoisotopic (exact) mass is 230 g/mol. The number of benzene rings is 1. The van der Waals surface area contributed by atoms with Crippen molar-refractivity contribution in [3.8, 4) is 5.75 Å². The highest BCUT2D eigenvalue weighted by Gasteiger charge is 2.24. The van der Waals surface area contributed by atoms with Gasteiger partial charge in [0.15, 0.2) is 17.4 Å². The summed E-state index contributed by atoms with van der Waals surface area (Å²) >= 11 is 0. The summed E-state index contributed by atoms with van der Waals surface area (Å²) in [6, 6.07) is 2.81. The molecule has 0 aromatic heterocycles. The quantitative estimate of drug-likeness (QED) is 0.725. The minimum Gasteiger partial charge on any atom is -0.488 e. The molecule has 0 aliphatic carbocycles. The van der Waals surface area contributed by atoms with Gasteiger partial charge in [-0.25, -0.2) is 8.78 Å². The molecule has 0 unspecified atom stereocenters. The van der Waals surface area contributed by atoms with Crippen LogP contribution >= 0.6 is 0 Å². The van der Waals surface area contributed by atoms with Crippen molar-refractivity contribution in [3.05, 3.63) is 23.8 Å². The summed E-state index contributed by atoms with van der Waals surface area (Å²) in [5, 5.41) is 0.604. The topological polar surface area (TPSA) is 9.23 Å². The molecule has 0 fully saturated rings. The van der Waals surface area contributed by atoms with Gasteiger partial charge in [-0.05, 0) is 18.2 Å². The van der Waals surface area contributed by atoms with Crippen LogP contribution in [0.25, 0.3) is 0 Å². The summed E-state index contributed by atoms with van der Waals surface area (Å²) in [7, 11) is -1.78. The Morgan fingerprint density at radius 2 is 1.80 bits per heavy atom. The molecule has 0 aliphatic rings. The van der Waals surface area contributed by atoms with Gasteiger partial charge in [-0.3, -0.25) is 0 Å². The third kappa shape index (κ3) is 2.56. The van der Waals surface area contributed by atoms with Gasteiger partial charge < -0.3 is 4.74 Å². The molecule has 15 heavy (non-hydrogen) atoms. The lowest BCUT2D eigenvalue weighted by molar-refractivity contribution is 0.304. The highest BCUT2D eigenvalue weighted by atomic mass is 28.3. The van der Waals surface area contributed by atoms with E-state index in [2.05, 4.69) is 0 Å². The van der Waals surface area contributed by atoms with Gasteiger partial charge in [-0.1, -0.05) is 25.7 Å². The summed E-state index contributed by atoms with van der Waals surface area (Å²) in [5.74, 6) is -1.40. The summed E-state index contributed by atoms with van der Waals surface area (Å²) in [6.07, 6.45) is 0. The van der Waals surface area contributed by atoms with Crippen LogP contribution in [0.2, 0.25) is 19.6 Å². The first-order valence-electron chi connectivity index (χ1n) is 4.99. The molecule has 1 aromatic rings. The van der Waals surface area contributed by atoms with Gasteiger partial charge in [0.05, 0.1) is 14.7 Å². The molecule has 0 N–H and O–H groups in total. The van der Waals surface area contributed by atoms with E-state index >= 15 is 0 Å². The standard InChI is InChI=1S/C11H16F2OSi/c1-5-14-11-8(12)6-7-9(10(11)13)15(2,3)4/h6-7H,5H2,1-4H3. The van der Waals surface area contributed by atoms with Crippen LogP contribution in [0.15, 0.2) is 12.1 Å². The zero-order valence-electron chi connectivity index (χ0n) is 9.53. The van der Waals surface area contributed by atoms with E-state index in [0.29, 0.717) is 5.19 Å². The van der Waals surface area contributed by atoms with E-state index in [4.69, 9.17) is 4.74 Å². The second-order valence-corrected chi connectivity index (χ2v) is 9.46. The Hall–Kier alpha value is -0.903. The second kappa shape index (κ2) is 4.31. The first-order chi connectivity index (χ1) is 6.88. The lowest BCUT2D eigenvalue weighted by atomic mass is 10.3. The maximum Gasteiger partial charge on any atom is 0.190 e. The molecule has 0 saturated carbocycles. The molecule has 1 aromatic carbocycles. The number of hydrogen-bond donors (Lipinski definition) is 0. The fourth-order valence-electron chi connectivity index (χ4n) is 1.39. The van der Waals surface area contributed by atoms with Crippen molar-refractivity contribution in [1.29, 1.82) is 0 Å². The lowest BCUT2D eigenvalue weighted by Crippen LogP contribution is -2.40. The number of ether oxygens (including phenoxy) is 1. The van der Waals surface area contributed by atoms with Crippen molar-refractivity contribution in [2.75, 3.05) is 6.61 Å². The predicted octanol–water partition coefficient (Wildman–Crippen LogP) is 2.91. The van der Waals surface area contributed by atoms with Crippen LogP contribution in [-0.2, 0) is 0 Å². The average molecular weight is 230 g/mol. The fraction of sp³-hybridized carbons (Fsp3) is 0.455. The van der Waals surface area contributed by atoms with E-state index in [0.717, 1.165) is 0 Å². The SMILES string of the molecule is CCOc1c(F)ccc([Si](C)(C)C)c1F. The molecule has 0 radical (unpaired) electrons. The van der Waals surface area contributed by atoms with Crippen LogP contribution in [-0.4, -0.2) is 14.7 Å². The zero-order chi connectivity index (χ0) is 11.6. The Bertz CT molecular complexity index is 358. The van der Waals surface area contributed by atoms with Gasteiger partial charge in [0.1, 0.15) is 0 Å². The third-order valence-electron chi connectivity index (χ3n) is 2.15. The Labute approximate surface area is 90.1 Å². The molecule has 1 rings (SSSR count). The summed E-state index contributed by atoms with van der Waals surface area (Å²) in [5.41, 5.74) is 0. The highest BCUT2D eigenvalue weighted by Crippen LogP contribution is 2.21. The first-order valence-corrected chi connectivity index (χ1v) is 8.49. The first kappa shape index (κ1) is 12.2. The van der Waals surface area contributed by atoms with E-state index in [9.17, 15) is 8.78 Å². The minimum absolute atomic E-state index is 0.238. The van der Waals surface area contributed by atoms with Gasteiger partial charge >= 0.3 is 0 Å². The number of rotatable bonds is 3. The van der Waals surface area contributed by atoms with Crippen molar-refractivity contribution >= 4 is 13.3 Å². The predicted molar refractivity (Wildman–Crippen MR) is 60.5 cm³/mol. The Morgan fingerprint density at radius 1 is 1.20 bits per heavy atom. The van der Waals surface area contributed by atoms with Crippen LogP contribution in [0.1, 0.15) is 6.92 Å². The van der Waals surface area contributed by atoms with E-state index in [1.54, 1.807) is 6.92 Å². The average Bonchev–Trinajstić information content (AvgIpc) is 2.09. The molecule has 4 heteroatoms. The van der Waals surface area contributed by atoms with Gasteiger partial charge in [-0.2, -0.15) is 0 Å². The van der Waals surface area contributed by atoms with Gasteiger partial charge in [0.25, 0.3) is 0 Å². The number of halogens is 2. The second-order valence-electron chi connectivity index (χ2n) is 4.42. The Kier molecular flexibility index (Phi) is 3.49. The molecule has 0 spiro atoms. The molecule has 1 nitrogen and oxygen atoms in total. The molecule has 0 atom stereocenters. The van der Waals surface area contributed by atoms with Gasteiger partial charge in [0.2, 0.25) is 0 Å². The summed E-state index contributed by atoms with van der Waals surface area (Å²) in [4.78, 5) is 0. The summed E-state index contributed by atoms with van der Waals surface area (Å²) < 4.78 is 32.1. The van der Waals surface area contributed by atoms with Crippen molar-refractivity contribution in [2.45, 2.75) is 26.6 Å². The van der Waals surface area contributed by atoms with E-state index < -0.39 is 19.7 Å². The largest absolute Gasteiger partial charge is 0.488 e. The van der Waals surface area contributed by atoms with Crippen LogP contribution < -0.4 is 9.92 Å². The van der Waals surface area contributed by atoms with E-state index in [1.807, 2.05) is 19.6 Å². The molecule has 0 aliphatic heterocycles. The van der Waals surface area contributed by atoms with Gasteiger partial charge in [0, 0.05) is 0 Å². The molecule has 0 heterocycles. The third-order valence-corrected chi connectivity index (χ3v) is 4.15. The van der Waals surface area contributed by atoms with Crippen LogP contribution in [0.4, 0.5) is 8.78 Å². The van der Waals surface area contributed by atoms with Crippen LogP contribution in [0, 0.1) is 11.6 Å². The molecule has 0 saturated heterocycles. The van der Waals surface area contributed by atoms with E-state index in [1.165, 1.54) is 12.1 Å². The lowest BCUT2D eigenvalue weighted by Gasteiger charge is -2.19. The Balaban J connectivity index is 3.28. The van der Waals surface area contributed by atoms with Crippen molar-refractivity contribution in [1.82, 2.24) is 0 Å². The highest BCUT2D eigenvalue weighted by molar-refractivity contribution is 6.88.